The topological polar surface area (TPSA) is 76.2 Å². The minimum atomic E-state index is -0.731. The number of carbonyl (C=O) groups is 3. The van der Waals surface area contributed by atoms with Gasteiger partial charge in [0.1, 0.15) is 17.7 Å². The number of hydrogen-bond acceptors (Lipinski definition) is 5. The van der Waals surface area contributed by atoms with Crippen LogP contribution in [0, 0.1) is 5.92 Å². The molecule has 0 aromatic heterocycles. The van der Waals surface area contributed by atoms with Crippen LogP contribution in [0.25, 0.3) is 0 Å². The third-order valence-corrected chi connectivity index (χ3v) is 5.06. The van der Waals surface area contributed by atoms with Gasteiger partial charge in [-0.3, -0.25) is 9.69 Å². The van der Waals surface area contributed by atoms with Crippen molar-refractivity contribution in [3.8, 4) is 0 Å². The third-order valence-electron chi connectivity index (χ3n) is 5.06. The second kappa shape index (κ2) is 10.6. The predicted octanol–water partition coefficient (Wildman–Crippen LogP) is 3.65. The fraction of sp³-hybridized carbons (Fsp3) is 0.625. The number of esters is 1. The van der Waals surface area contributed by atoms with Crippen molar-refractivity contribution in [3.63, 3.8) is 0 Å². The van der Waals surface area contributed by atoms with Crippen LogP contribution in [0.5, 0.6) is 0 Å². The molecule has 7 nitrogen and oxygen atoms in total. The molecule has 1 aliphatic rings. The van der Waals surface area contributed by atoms with Gasteiger partial charge in [-0.2, -0.15) is 0 Å². The van der Waals surface area contributed by atoms with Crippen LogP contribution >= 0.6 is 0 Å². The van der Waals surface area contributed by atoms with E-state index in [0.29, 0.717) is 19.4 Å². The lowest BCUT2D eigenvalue weighted by Crippen LogP contribution is -2.63. The summed E-state index contributed by atoms with van der Waals surface area (Å²) in [5, 5.41) is 0. The van der Waals surface area contributed by atoms with Crippen molar-refractivity contribution in [2.24, 2.45) is 5.92 Å². The summed E-state index contributed by atoms with van der Waals surface area (Å²) in [6.07, 6.45) is 0.365. The van der Waals surface area contributed by atoms with Gasteiger partial charge in [-0.05, 0) is 45.6 Å². The highest BCUT2D eigenvalue weighted by Crippen LogP contribution is 2.24. The lowest BCUT2D eigenvalue weighted by atomic mass is 9.96. The van der Waals surface area contributed by atoms with E-state index >= 15 is 0 Å². The highest BCUT2D eigenvalue weighted by molar-refractivity contribution is 5.91. The average Bonchev–Trinajstić information content (AvgIpc) is 2.67. The van der Waals surface area contributed by atoms with Gasteiger partial charge in [0, 0.05) is 19.5 Å². The summed E-state index contributed by atoms with van der Waals surface area (Å²) < 4.78 is 10.8. The molecule has 0 unspecified atom stereocenters. The minimum absolute atomic E-state index is 0.189. The molecule has 1 aromatic carbocycles. The SMILES string of the molecule is CCOC(=O)[C@@H](Cc1ccccc1)N1CCN(C(=O)OC(C)(C)C)[C@@H](CC(C)C)C1=O. The van der Waals surface area contributed by atoms with Crippen molar-refractivity contribution in [2.75, 3.05) is 19.7 Å². The van der Waals surface area contributed by atoms with Crippen LogP contribution in [0.1, 0.15) is 53.5 Å². The molecule has 0 radical (unpaired) electrons. The summed E-state index contributed by atoms with van der Waals surface area (Å²) in [5.41, 5.74) is 0.295. The lowest BCUT2D eigenvalue weighted by Gasteiger charge is -2.43. The van der Waals surface area contributed by atoms with E-state index in [-0.39, 0.29) is 25.0 Å². The molecule has 0 N–H and O–H groups in total. The van der Waals surface area contributed by atoms with Gasteiger partial charge in [0.25, 0.3) is 0 Å². The summed E-state index contributed by atoms with van der Waals surface area (Å²) in [6.45, 7) is 12.0. The Morgan fingerprint density at radius 1 is 1.13 bits per heavy atom. The van der Waals surface area contributed by atoms with Crippen LogP contribution in [0.3, 0.4) is 0 Å². The molecule has 172 valence electrons. The van der Waals surface area contributed by atoms with Crippen LogP contribution in [-0.4, -0.2) is 65.2 Å². The van der Waals surface area contributed by atoms with Crippen LogP contribution in [0.4, 0.5) is 4.79 Å². The molecular weight excluding hydrogens is 396 g/mol. The molecule has 0 spiro atoms. The van der Waals surface area contributed by atoms with Crippen molar-refractivity contribution >= 4 is 18.0 Å². The van der Waals surface area contributed by atoms with Crippen molar-refractivity contribution in [3.05, 3.63) is 35.9 Å². The first-order chi connectivity index (χ1) is 14.5. The molecular formula is C24H36N2O5. The van der Waals surface area contributed by atoms with Gasteiger partial charge in [-0.1, -0.05) is 44.2 Å². The number of rotatable bonds is 7. The number of nitrogens with zero attached hydrogens (tertiary/aromatic N) is 2. The largest absolute Gasteiger partial charge is 0.464 e. The summed E-state index contributed by atoms with van der Waals surface area (Å²) in [6, 6.07) is 8.18. The van der Waals surface area contributed by atoms with Crippen molar-refractivity contribution in [1.29, 1.82) is 0 Å². The Hall–Kier alpha value is -2.57. The number of piperazine rings is 1. The zero-order chi connectivity index (χ0) is 23.2. The Bertz CT molecular complexity index is 757. The van der Waals surface area contributed by atoms with Gasteiger partial charge in [0.2, 0.25) is 5.91 Å². The first-order valence-corrected chi connectivity index (χ1v) is 11.0. The fourth-order valence-corrected chi connectivity index (χ4v) is 3.73. The number of amides is 2. The maximum Gasteiger partial charge on any atom is 0.411 e. The maximum atomic E-state index is 13.6. The number of ether oxygens (including phenoxy) is 2. The smallest absolute Gasteiger partial charge is 0.411 e. The van der Waals surface area contributed by atoms with Crippen LogP contribution < -0.4 is 0 Å². The molecule has 0 saturated carbocycles. The molecule has 1 saturated heterocycles. The van der Waals surface area contributed by atoms with Gasteiger partial charge in [-0.25, -0.2) is 9.59 Å². The van der Waals surface area contributed by atoms with E-state index in [0.717, 1.165) is 5.56 Å². The van der Waals surface area contributed by atoms with E-state index in [9.17, 15) is 14.4 Å². The van der Waals surface area contributed by atoms with Crippen molar-refractivity contribution in [1.82, 2.24) is 9.80 Å². The number of carbonyl (C=O) groups excluding carboxylic acids is 3. The summed E-state index contributed by atoms with van der Waals surface area (Å²) in [5.74, 6) is -0.470. The van der Waals surface area contributed by atoms with Crippen LogP contribution in [0.2, 0.25) is 0 Å². The Kier molecular flexibility index (Phi) is 8.48. The summed E-state index contributed by atoms with van der Waals surface area (Å²) in [7, 11) is 0. The molecule has 0 bridgehead atoms. The van der Waals surface area contributed by atoms with Crippen molar-refractivity contribution < 1.29 is 23.9 Å². The monoisotopic (exact) mass is 432 g/mol. The Morgan fingerprint density at radius 2 is 1.77 bits per heavy atom. The van der Waals surface area contributed by atoms with E-state index in [4.69, 9.17) is 9.47 Å². The Labute approximate surface area is 185 Å². The molecule has 1 fully saturated rings. The van der Waals surface area contributed by atoms with E-state index in [1.165, 1.54) is 4.90 Å². The molecule has 2 atom stereocenters. The first kappa shape index (κ1) is 24.7. The highest BCUT2D eigenvalue weighted by Gasteiger charge is 2.43. The maximum absolute atomic E-state index is 13.6. The highest BCUT2D eigenvalue weighted by atomic mass is 16.6. The zero-order valence-electron chi connectivity index (χ0n) is 19.6. The fourth-order valence-electron chi connectivity index (χ4n) is 3.73. The summed E-state index contributed by atoms with van der Waals surface area (Å²) in [4.78, 5) is 42.2. The Morgan fingerprint density at radius 3 is 2.32 bits per heavy atom. The molecule has 2 amide bonds. The molecule has 7 heteroatoms. The normalized spacial score (nSPS) is 18.2. The van der Waals surface area contributed by atoms with Crippen LogP contribution in [-0.2, 0) is 25.5 Å². The standard InChI is InChI=1S/C24H36N2O5/c1-7-30-22(28)20(16-18-11-9-8-10-12-18)25-13-14-26(23(29)31-24(4,5)6)19(21(25)27)15-17(2)3/h8-12,17,19-20H,7,13-16H2,1-6H3/t19-,20+/m0/s1. The van der Waals surface area contributed by atoms with Gasteiger partial charge in [0.15, 0.2) is 0 Å². The van der Waals surface area contributed by atoms with Gasteiger partial charge >= 0.3 is 12.1 Å². The molecule has 1 aliphatic heterocycles. The number of benzene rings is 1. The van der Waals surface area contributed by atoms with E-state index < -0.39 is 29.7 Å². The second-order valence-electron chi connectivity index (χ2n) is 9.31. The molecule has 1 heterocycles. The van der Waals surface area contributed by atoms with Crippen molar-refractivity contribution in [2.45, 2.75) is 72.1 Å². The van der Waals surface area contributed by atoms with Gasteiger partial charge in [-0.15, -0.1) is 0 Å². The summed E-state index contributed by atoms with van der Waals surface area (Å²) >= 11 is 0. The predicted molar refractivity (Wildman–Crippen MR) is 118 cm³/mol. The molecule has 31 heavy (non-hydrogen) atoms. The van der Waals surface area contributed by atoms with Gasteiger partial charge in [0.05, 0.1) is 6.61 Å². The third kappa shape index (κ3) is 6.97. The minimum Gasteiger partial charge on any atom is -0.464 e. The van der Waals surface area contributed by atoms with Gasteiger partial charge < -0.3 is 14.4 Å². The number of hydrogen-bond donors (Lipinski definition) is 0. The second-order valence-corrected chi connectivity index (χ2v) is 9.31. The molecule has 1 aromatic rings. The molecule has 0 aliphatic carbocycles. The average molecular weight is 433 g/mol. The quantitative estimate of drug-likeness (QED) is 0.615. The Balaban J connectivity index is 2.30. The van der Waals surface area contributed by atoms with E-state index in [1.807, 2.05) is 44.2 Å². The molecule has 2 rings (SSSR count). The van der Waals surface area contributed by atoms with Crippen LogP contribution in [0.15, 0.2) is 30.3 Å². The van der Waals surface area contributed by atoms with E-state index in [1.54, 1.807) is 32.6 Å². The lowest BCUT2D eigenvalue weighted by molar-refractivity contribution is -0.159. The first-order valence-electron chi connectivity index (χ1n) is 11.0. The van der Waals surface area contributed by atoms with E-state index in [2.05, 4.69) is 0 Å². The zero-order valence-corrected chi connectivity index (χ0v) is 19.6.